The molecule has 0 saturated heterocycles. The smallest absolute Gasteiger partial charge is 0.181 e. The van der Waals surface area contributed by atoms with Crippen molar-refractivity contribution in [2.45, 2.75) is 10.1 Å². The standard InChI is InChI=1S/C11H6N6S/c12-4-7-1-2-13-8(3-7)18-11-9-10(15-5-14-9)16-6-17-11/h1-3,5-6H,(H,14,15,16,17). The van der Waals surface area contributed by atoms with Gasteiger partial charge in [-0.3, -0.25) is 0 Å². The van der Waals surface area contributed by atoms with Crippen LogP contribution < -0.4 is 0 Å². The lowest BCUT2D eigenvalue weighted by Crippen LogP contribution is -1.87. The van der Waals surface area contributed by atoms with Crippen LogP contribution in [-0.2, 0) is 0 Å². The van der Waals surface area contributed by atoms with Crippen LogP contribution in [0, 0.1) is 11.3 Å². The Bertz CT molecular complexity index is 744. The number of nitriles is 1. The number of aromatic nitrogens is 5. The number of hydrogen-bond donors (Lipinski definition) is 1. The maximum absolute atomic E-state index is 8.84. The minimum Gasteiger partial charge on any atom is -0.341 e. The number of rotatable bonds is 2. The third-order valence-corrected chi connectivity index (χ3v) is 3.19. The molecule has 0 bridgehead atoms. The first-order chi connectivity index (χ1) is 8.86. The van der Waals surface area contributed by atoms with Crippen molar-refractivity contribution in [3.05, 3.63) is 36.5 Å². The molecule has 3 aromatic heterocycles. The van der Waals surface area contributed by atoms with Crippen molar-refractivity contribution in [2.75, 3.05) is 0 Å². The molecular formula is C11H6N6S. The molecule has 3 rings (SSSR count). The van der Waals surface area contributed by atoms with E-state index in [0.29, 0.717) is 16.2 Å². The molecule has 0 aliphatic carbocycles. The SMILES string of the molecule is N#Cc1ccnc(Sc2ncnc3nc[nH]c23)c1. The van der Waals surface area contributed by atoms with E-state index in [4.69, 9.17) is 5.26 Å². The molecule has 3 heterocycles. The molecule has 0 atom stereocenters. The van der Waals surface area contributed by atoms with Crippen molar-refractivity contribution in [3.63, 3.8) is 0 Å². The molecule has 3 aromatic rings. The van der Waals surface area contributed by atoms with Crippen LogP contribution in [0.1, 0.15) is 5.56 Å². The molecule has 18 heavy (non-hydrogen) atoms. The number of hydrogen-bond acceptors (Lipinski definition) is 6. The highest BCUT2D eigenvalue weighted by molar-refractivity contribution is 7.99. The molecule has 1 N–H and O–H groups in total. The third-order valence-electron chi connectivity index (χ3n) is 2.25. The molecule has 0 aliphatic rings. The summed E-state index contributed by atoms with van der Waals surface area (Å²) < 4.78 is 0. The van der Waals surface area contributed by atoms with Crippen LogP contribution in [0.15, 0.2) is 41.0 Å². The second kappa shape index (κ2) is 4.43. The molecule has 0 fully saturated rings. The van der Waals surface area contributed by atoms with Crippen molar-refractivity contribution in [1.29, 1.82) is 5.26 Å². The van der Waals surface area contributed by atoms with Crippen molar-refractivity contribution in [1.82, 2.24) is 24.9 Å². The van der Waals surface area contributed by atoms with Crippen LogP contribution >= 0.6 is 11.8 Å². The van der Waals surface area contributed by atoms with Gasteiger partial charge < -0.3 is 4.98 Å². The number of fused-ring (bicyclic) bond motifs is 1. The summed E-state index contributed by atoms with van der Waals surface area (Å²) in [5.41, 5.74) is 1.96. The monoisotopic (exact) mass is 254 g/mol. The van der Waals surface area contributed by atoms with Gasteiger partial charge in [0, 0.05) is 6.20 Å². The van der Waals surface area contributed by atoms with Crippen LogP contribution in [-0.4, -0.2) is 24.9 Å². The van der Waals surface area contributed by atoms with Gasteiger partial charge in [-0.25, -0.2) is 19.9 Å². The van der Waals surface area contributed by atoms with Crippen LogP contribution in [0.5, 0.6) is 0 Å². The Hall–Kier alpha value is -2.46. The van der Waals surface area contributed by atoms with E-state index in [1.807, 2.05) is 0 Å². The predicted molar refractivity (Wildman–Crippen MR) is 64.8 cm³/mol. The molecule has 0 radical (unpaired) electrons. The molecular weight excluding hydrogens is 248 g/mol. The molecule has 0 aliphatic heterocycles. The number of H-pyrrole nitrogens is 1. The number of nitrogens with one attached hydrogen (secondary N) is 1. The van der Waals surface area contributed by atoms with Gasteiger partial charge in [0.2, 0.25) is 0 Å². The van der Waals surface area contributed by atoms with E-state index in [9.17, 15) is 0 Å². The maximum atomic E-state index is 8.84. The zero-order chi connectivity index (χ0) is 12.4. The molecule has 0 amide bonds. The summed E-state index contributed by atoms with van der Waals surface area (Å²) in [6.45, 7) is 0. The number of aromatic amines is 1. The average Bonchev–Trinajstić information content (AvgIpc) is 2.88. The Balaban J connectivity index is 2.01. The maximum Gasteiger partial charge on any atom is 0.181 e. The van der Waals surface area contributed by atoms with Gasteiger partial charge in [-0.1, -0.05) is 0 Å². The van der Waals surface area contributed by atoms with E-state index in [0.717, 1.165) is 10.5 Å². The van der Waals surface area contributed by atoms with Crippen molar-refractivity contribution in [3.8, 4) is 6.07 Å². The molecule has 86 valence electrons. The topological polar surface area (TPSA) is 91.1 Å². The van der Waals surface area contributed by atoms with Crippen LogP contribution in [0.4, 0.5) is 0 Å². The molecule has 0 unspecified atom stereocenters. The van der Waals surface area contributed by atoms with E-state index in [2.05, 4.69) is 31.0 Å². The van der Waals surface area contributed by atoms with E-state index in [1.54, 1.807) is 24.7 Å². The Kier molecular flexibility index (Phi) is 2.63. The number of pyridine rings is 1. The summed E-state index contributed by atoms with van der Waals surface area (Å²) in [5, 5.41) is 10.3. The quantitative estimate of drug-likeness (QED) is 0.701. The van der Waals surface area contributed by atoms with E-state index < -0.39 is 0 Å². The molecule has 0 spiro atoms. The second-order valence-electron chi connectivity index (χ2n) is 3.38. The highest BCUT2D eigenvalue weighted by Crippen LogP contribution is 2.28. The van der Waals surface area contributed by atoms with Gasteiger partial charge in [0.1, 0.15) is 21.9 Å². The first-order valence-corrected chi connectivity index (χ1v) is 5.86. The lowest BCUT2D eigenvalue weighted by molar-refractivity contribution is 1.07. The van der Waals surface area contributed by atoms with E-state index in [-0.39, 0.29) is 0 Å². The largest absolute Gasteiger partial charge is 0.341 e. The fourth-order valence-corrected chi connectivity index (χ4v) is 2.30. The Labute approximate surface area is 106 Å². The van der Waals surface area contributed by atoms with Crippen molar-refractivity contribution >= 4 is 22.9 Å². The number of imidazole rings is 1. The van der Waals surface area contributed by atoms with E-state index >= 15 is 0 Å². The van der Waals surface area contributed by atoms with Gasteiger partial charge in [0.25, 0.3) is 0 Å². The molecule has 0 aromatic carbocycles. The Morgan fingerprint density at radius 1 is 1.22 bits per heavy atom. The third kappa shape index (κ3) is 1.89. The zero-order valence-electron chi connectivity index (χ0n) is 9.03. The zero-order valence-corrected chi connectivity index (χ0v) is 9.85. The summed E-state index contributed by atoms with van der Waals surface area (Å²) in [7, 11) is 0. The average molecular weight is 254 g/mol. The predicted octanol–water partition coefficient (Wildman–Crippen LogP) is 1.77. The van der Waals surface area contributed by atoms with Crippen LogP contribution in [0.2, 0.25) is 0 Å². The summed E-state index contributed by atoms with van der Waals surface area (Å²) in [4.78, 5) is 19.5. The molecule has 0 saturated carbocycles. The summed E-state index contributed by atoms with van der Waals surface area (Å²) in [6, 6.07) is 5.46. The van der Waals surface area contributed by atoms with Gasteiger partial charge in [0.05, 0.1) is 18.0 Å². The summed E-state index contributed by atoms with van der Waals surface area (Å²) >= 11 is 1.37. The lowest BCUT2D eigenvalue weighted by Gasteiger charge is -2.00. The van der Waals surface area contributed by atoms with Gasteiger partial charge in [-0.15, -0.1) is 0 Å². The lowest BCUT2D eigenvalue weighted by atomic mass is 10.3. The van der Waals surface area contributed by atoms with Gasteiger partial charge in [0.15, 0.2) is 5.65 Å². The fraction of sp³-hybridized carbons (Fsp3) is 0. The first-order valence-electron chi connectivity index (χ1n) is 5.05. The summed E-state index contributed by atoms with van der Waals surface area (Å²) in [6.07, 6.45) is 4.63. The number of nitrogens with zero attached hydrogens (tertiary/aromatic N) is 5. The highest BCUT2D eigenvalue weighted by Gasteiger charge is 2.08. The Morgan fingerprint density at radius 3 is 3.06 bits per heavy atom. The molecule has 7 heteroatoms. The first kappa shape index (κ1) is 10.7. The normalized spacial score (nSPS) is 10.4. The molecule has 6 nitrogen and oxygen atoms in total. The van der Waals surface area contributed by atoms with Crippen molar-refractivity contribution < 1.29 is 0 Å². The highest BCUT2D eigenvalue weighted by atomic mass is 32.2. The minimum atomic E-state index is 0.572. The summed E-state index contributed by atoms with van der Waals surface area (Å²) in [5.74, 6) is 0. The fourth-order valence-electron chi connectivity index (χ4n) is 1.45. The minimum absolute atomic E-state index is 0.572. The van der Waals surface area contributed by atoms with Crippen molar-refractivity contribution in [2.24, 2.45) is 0 Å². The van der Waals surface area contributed by atoms with Gasteiger partial charge >= 0.3 is 0 Å². The Morgan fingerprint density at radius 2 is 2.17 bits per heavy atom. The van der Waals surface area contributed by atoms with Gasteiger partial charge in [-0.2, -0.15) is 5.26 Å². The van der Waals surface area contributed by atoms with Gasteiger partial charge in [-0.05, 0) is 23.9 Å². The van der Waals surface area contributed by atoms with Crippen LogP contribution in [0.25, 0.3) is 11.2 Å². The van der Waals surface area contributed by atoms with E-state index in [1.165, 1.54) is 18.1 Å². The second-order valence-corrected chi connectivity index (χ2v) is 4.39. The van der Waals surface area contributed by atoms with Crippen LogP contribution in [0.3, 0.4) is 0 Å².